The monoisotopic (exact) mass is 350 g/mol. The number of aromatic nitrogens is 1. The van der Waals surface area contributed by atoms with Gasteiger partial charge in [0.25, 0.3) is 5.91 Å². The van der Waals surface area contributed by atoms with Crippen LogP contribution in [-0.4, -0.2) is 17.4 Å². The lowest BCUT2D eigenvalue weighted by Crippen LogP contribution is -2.29. The lowest BCUT2D eigenvalue weighted by Gasteiger charge is -2.15. The number of amides is 1. The van der Waals surface area contributed by atoms with Crippen LogP contribution in [0.4, 0.5) is 5.69 Å². The van der Waals surface area contributed by atoms with Gasteiger partial charge < -0.3 is 9.64 Å². The zero-order chi connectivity index (χ0) is 17.2. The Balaban J connectivity index is 1.44. The molecule has 2 aromatic carbocycles. The first kappa shape index (κ1) is 15.8. The van der Waals surface area contributed by atoms with Gasteiger partial charge in [-0.3, -0.25) is 4.79 Å². The van der Waals surface area contributed by atoms with Crippen LogP contribution in [-0.2, 0) is 13.0 Å². The molecule has 1 aromatic heterocycles. The number of aryl methyl sites for hydroxylation is 1. The maximum absolute atomic E-state index is 12.8. The van der Waals surface area contributed by atoms with Crippen molar-refractivity contribution in [1.82, 2.24) is 4.98 Å². The summed E-state index contributed by atoms with van der Waals surface area (Å²) in [6.45, 7) is 3.13. The molecule has 0 atom stereocenters. The molecule has 0 aliphatic carbocycles. The molecule has 3 aromatic rings. The van der Waals surface area contributed by atoms with E-state index >= 15 is 0 Å². The van der Waals surface area contributed by atoms with Gasteiger partial charge in [-0.2, -0.15) is 0 Å². The van der Waals surface area contributed by atoms with Crippen LogP contribution >= 0.6 is 11.3 Å². The summed E-state index contributed by atoms with van der Waals surface area (Å²) < 4.78 is 5.74. The van der Waals surface area contributed by atoms with Gasteiger partial charge in [0.05, 0.1) is 0 Å². The van der Waals surface area contributed by atoms with Crippen LogP contribution in [0.15, 0.2) is 53.9 Å². The first-order chi connectivity index (χ1) is 12.2. The van der Waals surface area contributed by atoms with E-state index in [1.54, 1.807) is 0 Å². The van der Waals surface area contributed by atoms with Gasteiger partial charge in [-0.25, -0.2) is 4.98 Å². The first-order valence-corrected chi connectivity index (χ1v) is 9.12. The fourth-order valence-electron chi connectivity index (χ4n) is 2.94. The van der Waals surface area contributed by atoms with Gasteiger partial charge in [0.2, 0.25) is 0 Å². The second kappa shape index (κ2) is 6.69. The zero-order valence-corrected chi connectivity index (χ0v) is 14.8. The van der Waals surface area contributed by atoms with Crippen molar-refractivity contribution in [1.29, 1.82) is 0 Å². The highest BCUT2D eigenvalue weighted by atomic mass is 32.1. The lowest BCUT2D eigenvalue weighted by atomic mass is 10.2. The van der Waals surface area contributed by atoms with E-state index in [1.807, 2.05) is 59.7 Å². The number of hydrogen-bond acceptors (Lipinski definition) is 4. The number of nitrogens with zero attached hydrogens (tertiary/aromatic N) is 2. The van der Waals surface area contributed by atoms with Crippen LogP contribution in [0.1, 0.15) is 26.6 Å². The van der Waals surface area contributed by atoms with Gasteiger partial charge in [-0.15, -0.1) is 11.3 Å². The van der Waals surface area contributed by atoms with Crippen molar-refractivity contribution in [2.45, 2.75) is 20.0 Å². The number of rotatable bonds is 4. The number of ether oxygens (including phenoxy) is 1. The summed E-state index contributed by atoms with van der Waals surface area (Å²) in [5.74, 6) is 0.768. The maximum atomic E-state index is 12.8. The van der Waals surface area contributed by atoms with E-state index in [2.05, 4.69) is 11.1 Å². The smallest absolute Gasteiger partial charge is 0.277 e. The highest BCUT2D eigenvalue weighted by Crippen LogP contribution is 2.29. The Hall–Kier alpha value is -2.66. The van der Waals surface area contributed by atoms with E-state index in [0.29, 0.717) is 18.8 Å². The summed E-state index contributed by atoms with van der Waals surface area (Å²) in [7, 11) is 0. The highest BCUT2D eigenvalue weighted by molar-refractivity contribution is 7.09. The van der Waals surface area contributed by atoms with E-state index in [1.165, 1.54) is 22.5 Å². The summed E-state index contributed by atoms with van der Waals surface area (Å²) >= 11 is 1.46. The second-order valence-corrected chi connectivity index (χ2v) is 7.01. The van der Waals surface area contributed by atoms with Gasteiger partial charge in [0, 0.05) is 17.6 Å². The van der Waals surface area contributed by atoms with Crippen LogP contribution in [0.3, 0.4) is 0 Å². The van der Waals surface area contributed by atoms with E-state index in [0.717, 1.165) is 22.9 Å². The largest absolute Gasteiger partial charge is 0.486 e. The Morgan fingerprint density at radius 3 is 2.84 bits per heavy atom. The van der Waals surface area contributed by atoms with Gasteiger partial charge in [0.1, 0.15) is 23.1 Å². The Kier molecular flexibility index (Phi) is 4.24. The molecule has 0 radical (unpaired) electrons. The molecule has 4 nitrogen and oxygen atoms in total. The normalized spacial score (nSPS) is 12.9. The van der Waals surface area contributed by atoms with Crippen molar-refractivity contribution in [3.8, 4) is 5.75 Å². The molecule has 1 amide bonds. The van der Waals surface area contributed by atoms with Gasteiger partial charge in [-0.05, 0) is 37.1 Å². The average Bonchev–Trinajstić information content (AvgIpc) is 3.28. The second-order valence-electron chi connectivity index (χ2n) is 6.06. The number of hydrogen-bond donors (Lipinski definition) is 0. The zero-order valence-electron chi connectivity index (χ0n) is 13.9. The average molecular weight is 350 g/mol. The third-order valence-electron chi connectivity index (χ3n) is 4.29. The van der Waals surface area contributed by atoms with Gasteiger partial charge in [-0.1, -0.05) is 35.9 Å². The van der Waals surface area contributed by atoms with Crippen molar-refractivity contribution in [3.05, 3.63) is 75.7 Å². The molecule has 0 fully saturated rings. The van der Waals surface area contributed by atoms with Gasteiger partial charge >= 0.3 is 0 Å². The molecule has 0 saturated carbocycles. The molecule has 25 heavy (non-hydrogen) atoms. The molecule has 0 spiro atoms. The molecule has 0 bridgehead atoms. The van der Waals surface area contributed by atoms with Crippen LogP contribution in [0.5, 0.6) is 5.75 Å². The molecule has 4 rings (SSSR count). The predicted molar refractivity (Wildman–Crippen MR) is 99.4 cm³/mol. The maximum Gasteiger partial charge on any atom is 0.277 e. The van der Waals surface area contributed by atoms with E-state index in [4.69, 9.17) is 4.74 Å². The number of benzene rings is 2. The summed E-state index contributed by atoms with van der Waals surface area (Å²) in [6.07, 6.45) is 0.898. The van der Waals surface area contributed by atoms with Crippen LogP contribution in [0.25, 0.3) is 0 Å². The number of anilines is 1. The van der Waals surface area contributed by atoms with Crippen LogP contribution in [0.2, 0.25) is 0 Å². The number of fused-ring (bicyclic) bond motifs is 1. The van der Waals surface area contributed by atoms with Crippen LogP contribution in [0, 0.1) is 6.92 Å². The summed E-state index contributed by atoms with van der Waals surface area (Å²) in [5.41, 5.74) is 3.90. The number of carbonyl (C=O) groups excluding carboxylic acids is 1. The van der Waals surface area contributed by atoms with E-state index < -0.39 is 0 Å². The molecule has 126 valence electrons. The molecule has 1 aliphatic heterocycles. The standard InChI is InChI=1S/C20H18N2O2S/c1-14-6-8-16(9-7-14)24-12-19-21-17(13-25-19)20(23)22-11-10-15-4-2-3-5-18(15)22/h2-9,13H,10-12H2,1H3. The molecule has 1 aliphatic rings. The molecule has 2 heterocycles. The minimum atomic E-state index is -0.0391. The number of thiazole rings is 1. The lowest BCUT2D eigenvalue weighted by molar-refractivity contribution is 0.0985. The molecule has 0 saturated heterocycles. The molecule has 0 unspecified atom stereocenters. The first-order valence-electron chi connectivity index (χ1n) is 8.24. The van der Waals surface area contributed by atoms with Crippen molar-refractivity contribution < 1.29 is 9.53 Å². The topological polar surface area (TPSA) is 42.4 Å². The van der Waals surface area contributed by atoms with Crippen LogP contribution < -0.4 is 9.64 Å². The van der Waals surface area contributed by atoms with Crippen molar-refractivity contribution >= 4 is 22.9 Å². The molecular formula is C20H18N2O2S. The Labute approximate surface area is 150 Å². The number of carbonyl (C=O) groups is 1. The Bertz CT molecular complexity index is 902. The number of para-hydroxylation sites is 1. The quantitative estimate of drug-likeness (QED) is 0.707. The summed E-state index contributed by atoms with van der Waals surface area (Å²) in [6, 6.07) is 15.9. The minimum absolute atomic E-state index is 0.0391. The van der Waals surface area contributed by atoms with E-state index in [-0.39, 0.29) is 5.91 Å². The highest BCUT2D eigenvalue weighted by Gasteiger charge is 2.26. The Morgan fingerprint density at radius 1 is 1.20 bits per heavy atom. The van der Waals surface area contributed by atoms with Crippen molar-refractivity contribution in [3.63, 3.8) is 0 Å². The predicted octanol–water partition coefficient (Wildman–Crippen LogP) is 4.23. The van der Waals surface area contributed by atoms with Crippen molar-refractivity contribution in [2.24, 2.45) is 0 Å². The fourth-order valence-corrected chi connectivity index (χ4v) is 3.62. The van der Waals surface area contributed by atoms with Gasteiger partial charge in [0.15, 0.2) is 0 Å². The van der Waals surface area contributed by atoms with E-state index in [9.17, 15) is 4.79 Å². The fraction of sp³-hybridized carbons (Fsp3) is 0.200. The molecule has 0 N–H and O–H groups in total. The molecular weight excluding hydrogens is 332 g/mol. The molecule has 5 heteroatoms. The third-order valence-corrected chi connectivity index (χ3v) is 5.11. The minimum Gasteiger partial charge on any atom is -0.486 e. The summed E-state index contributed by atoms with van der Waals surface area (Å²) in [4.78, 5) is 19.0. The van der Waals surface area contributed by atoms with Crippen molar-refractivity contribution in [2.75, 3.05) is 11.4 Å². The summed E-state index contributed by atoms with van der Waals surface area (Å²) in [5, 5.41) is 2.62. The SMILES string of the molecule is Cc1ccc(OCc2nc(C(=O)N3CCc4ccccc43)cs2)cc1. The third kappa shape index (κ3) is 3.28. The Morgan fingerprint density at radius 2 is 2.00 bits per heavy atom.